The van der Waals surface area contributed by atoms with Crippen molar-refractivity contribution in [3.05, 3.63) is 34.9 Å². The molecule has 1 amide bonds. The van der Waals surface area contributed by atoms with E-state index in [1.165, 1.54) is 0 Å². The van der Waals surface area contributed by atoms with E-state index in [2.05, 4.69) is 5.32 Å². The molecule has 0 spiro atoms. The average molecular weight is 327 g/mol. The second-order valence-electron chi connectivity index (χ2n) is 5.44. The third-order valence-electron chi connectivity index (χ3n) is 3.88. The Labute approximate surface area is 136 Å². The molecule has 1 aromatic rings. The molecule has 0 aromatic heterocycles. The van der Waals surface area contributed by atoms with Gasteiger partial charge in [0.25, 0.3) is 0 Å². The summed E-state index contributed by atoms with van der Waals surface area (Å²) >= 11 is 5.84. The molecule has 0 radical (unpaired) electrons. The van der Waals surface area contributed by atoms with Crippen molar-refractivity contribution in [1.82, 2.24) is 10.2 Å². The quantitative estimate of drug-likeness (QED) is 0.873. The molecule has 1 fully saturated rings. The number of nitrogens with zero attached hydrogens (tertiary/aromatic N) is 1. The topological polar surface area (TPSA) is 61.8 Å². The Morgan fingerprint density at radius 1 is 1.41 bits per heavy atom. The second kappa shape index (κ2) is 8.36. The van der Waals surface area contributed by atoms with Crippen LogP contribution in [0.5, 0.6) is 0 Å². The Hall–Kier alpha value is -1.30. The van der Waals surface area contributed by atoms with Crippen LogP contribution in [0.15, 0.2) is 24.3 Å². The van der Waals surface area contributed by atoms with E-state index < -0.39 is 6.10 Å². The number of hydrogen-bond acceptors (Lipinski definition) is 4. The van der Waals surface area contributed by atoms with E-state index in [-0.39, 0.29) is 6.09 Å². The van der Waals surface area contributed by atoms with E-state index in [9.17, 15) is 9.90 Å². The molecule has 1 saturated heterocycles. The number of rotatable bonds is 5. The van der Waals surface area contributed by atoms with Gasteiger partial charge in [0.05, 0.1) is 12.7 Å². The number of carbonyl (C=O) groups excluding carboxylic acids is 1. The number of carbonyl (C=O) groups is 1. The van der Waals surface area contributed by atoms with Crippen LogP contribution in [0.1, 0.15) is 31.4 Å². The molecular formula is C16H23ClN2O3. The molecule has 1 atom stereocenters. The minimum Gasteiger partial charge on any atom is -0.450 e. The zero-order valence-electron chi connectivity index (χ0n) is 12.8. The van der Waals surface area contributed by atoms with Gasteiger partial charge in [-0.2, -0.15) is 0 Å². The Morgan fingerprint density at radius 3 is 2.64 bits per heavy atom. The molecule has 1 aliphatic rings. The Bertz CT molecular complexity index is 473. The molecule has 0 aliphatic carbocycles. The summed E-state index contributed by atoms with van der Waals surface area (Å²) in [4.78, 5) is 13.3. The van der Waals surface area contributed by atoms with Gasteiger partial charge in [0, 0.05) is 30.7 Å². The highest BCUT2D eigenvalue weighted by atomic mass is 35.5. The van der Waals surface area contributed by atoms with Gasteiger partial charge in [-0.15, -0.1) is 0 Å². The third kappa shape index (κ3) is 4.87. The zero-order valence-corrected chi connectivity index (χ0v) is 13.6. The van der Waals surface area contributed by atoms with Crippen LogP contribution in [0, 0.1) is 0 Å². The fraction of sp³-hybridized carbons (Fsp3) is 0.562. The van der Waals surface area contributed by atoms with Gasteiger partial charge in [-0.1, -0.05) is 23.7 Å². The Morgan fingerprint density at radius 2 is 2.05 bits per heavy atom. The predicted molar refractivity (Wildman–Crippen MR) is 86.0 cm³/mol. The molecule has 1 aromatic carbocycles. The number of benzene rings is 1. The highest BCUT2D eigenvalue weighted by Gasteiger charge is 2.23. The fourth-order valence-electron chi connectivity index (χ4n) is 2.56. The first-order chi connectivity index (χ1) is 10.6. The molecule has 6 heteroatoms. The van der Waals surface area contributed by atoms with E-state index >= 15 is 0 Å². The Kier molecular flexibility index (Phi) is 6.49. The van der Waals surface area contributed by atoms with Crippen LogP contribution in [0.3, 0.4) is 0 Å². The van der Waals surface area contributed by atoms with Gasteiger partial charge in [-0.25, -0.2) is 4.79 Å². The SMILES string of the molecule is CCOC(=O)N1CCC(NCC(O)c2ccc(Cl)cc2)CC1. The number of ether oxygens (including phenoxy) is 1. The first kappa shape index (κ1) is 17.1. The third-order valence-corrected chi connectivity index (χ3v) is 4.13. The second-order valence-corrected chi connectivity index (χ2v) is 5.87. The van der Waals surface area contributed by atoms with Gasteiger partial charge in [0.2, 0.25) is 0 Å². The maximum absolute atomic E-state index is 11.6. The molecule has 22 heavy (non-hydrogen) atoms. The summed E-state index contributed by atoms with van der Waals surface area (Å²) in [5.41, 5.74) is 0.848. The lowest BCUT2D eigenvalue weighted by Crippen LogP contribution is -2.45. The van der Waals surface area contributed by atoms with Crippen LogP contribution in [-0.2, 0) is 4.74 Å². The smallest absolute Gasteiger partial charge is 0.409 e. The van der Waals surface area contributed by atoms with Gasteiger partial charge >= 0.3 is 6.09 Å². The van der Waals surface area contributed by atoms with Crippen molar-refractivity contribution in [2.24, 2.45) is 0 Å². The number of aliphatic hydroxyl groups excluding tert-OH is 1. The fourth-order valence-corrected chi connectivity index (χ4v) is 2.69. The number of nitrogens with one attached hydrogen (secondary N) is 1. The molecule has 1 heterocycles. The molecule has 2 rings (SSSR count). The maximum Gasteiger partial charge on any atom is 0.409 e. The summed E-state index contributed by atoms with van der Waals surface area (Å²) in [6.07, 6.45) is 0.945. The van der Waals surface area contributed by atoms with E-state index in [4.69, 9.17) is 16.3 Å². The summed E-state index contributed by atoms with van der Waals surface area (Å²) in [6.45, 7) is 4.08. The molecule has 0 saturated carbocycles. The molecule has 1 unspecified atom stereocenters. The number of amides is 1. The van der Waals surface area contributed by atoms with Crippen molar-refractivity contribution in [3.8, 4) is 0 Å². The number of piperidine rings is 1. The molecule has 2 N–H and O–H groups in total. The lowest BCUT2D eigenvalue weighted by atomic mass is 10.0. The van der Waals surface area contributed by atoms with E-state index in [1.807, 2.05) is 19.1 Å². The van der Waals surface area contributed by atoms with Crippen LogP contribution in [0.25, 0.3) is 0 Å². The number of aliphatic hydroxyl groups is 1. The number of hydrogen-bond donors (Lipinski definition) is 2. The summed E-state index contributed by atoms with van der Waals surface area (Å²) in [7, 11) is 0. The van der Waals surface area contributed by atoms with E-state index in [1.54, 1.807) is 17.0 Å². The maximum atomic E-state index is 11.6. The van der Waals surface area contributed by atoms with E-state index in [0.717, 1.165) is 18.4 Å². The standard InChI is InChI=1S/C16H23ClN2O3/c1-2-22-16(21)19-9-7-14(8-10-19)18-11-15(20)12-3-5-13(17)6-4-12/h3-6,14-15,18,20H,2,7-11H2,1H3. The van der Waals surface area contributed by atoms with Crippen LogP contribution in [-0.4, -0.2) is 48.4 Å². The number of halogens is 1. The molecule has 0 bridgehead atoms. The molecule has 1 aliphatic heterocycles. The van der Waals surface area contributed by atoms with Crippen molar-refractivity contribution in [1.29, 1.82) is 0 Å². The highest BCUT2D eigenvalue weighted by molar-refractivity contribution is 6.30. The van der Waals surface area contributed by atoms with Gasteiger partial charge in [-0.3, -0.25) is 0 Å². The lowest BCUT2D eigenvalue weighted by molar-refractivity contribution is 0.0928. The van der Waals surface area contributed by atoms with E-state index in [0.29, 0.717) is 37.3 Å². The summed E-state index contributed by atoms with van der Waals surface area (Å²) in [6, 6.07) is 7.53. The predicted octanol–water partition coefficient (Wildman–Crippen LogP) is 2.58. The minimum absolute atomic E-state index is 0.234. The van der Waals surface area contributed by atoms with Gasteiger partial charge < -0.3 is 20.1 Å². The monoisotopic (exact) mass is 326 g/mol. The van der Waals surface area contributed by atoms with Crippen molar-refractivity contribution < 1.29 is 14.6 Å². The molecule has 5 nitrogen and oxygen atoms in total. The summed E-state index contributed by atoms with van der Waals surface area (Å²) < 4.78 is 5.00. The van der Waals surface area contributed by atoms with Gasteiger partial charge in [0.1, 0.15) is 0 Å². The normalized spacial score (nSPS) is 17.3. The van der Waals surface area contributed by atoms with Crippen LogP contribution in [0.4, 0.5) is 4.79 Å². The largest absolute Gasteiger partial charge is 0.450 e. The van der Waals surface area contributed by atoms with Crippen molar-refractivity contribution >= 4 is 17.7 Å². The lowest BCUT2D eigenvalue weighted by Gasteiger charge is -2.32. The Balaban J connectivity index is 1.72. The zero-order chi connectivity index (χ0) is 15.9. The van der Waals surface area contributed by atoms with Crippen LogP contribution < -0.4 is 5.32 Å². The number of likely N-dealkylation sites (tertiary alicyclic amines) is 1. The first-order valence-electron chi connectivity index (χ1n) is 7.68. The average Bonchev–Trinajstić information content (AvgIpc) is 2.54. The van der Waals surface area contributed by atoms with Crippen LogP contribution in [0.2, 0.25) is 5.02 Å². The summed E-state index contributed by atoms with van der Waals surface area (Å²) in [5, 5.41) is 14.2. The van der Waals surface area contributed by atoms with Gasteiger partial charge in [-0.05, 0) is 37.5 Å². The summed E-state index contributed by atoms with van der Waals surface area (Å²) in [5.74, 6) is 0. The van der Waals surface area contributed by atoms with Crippen LogP contribution >= 0.6 is 11.6 Å². The molecular weight excluding hydrogens is 304 g/mol. The first-order valence-corrected chi connectivity index (χ1v) is 8.06. The minimum atomic E-state index is -0.555. The van der Waals surface area contributed by atoms with Crippen molar-refractivity contribution in [2.75, 3.05) is 26.2 Å². The van der Waals surface area contributed by atoms with Crippen molar-refractivity contribution in [3.63, 3.8) is 0 Å². The van der Waals surface area contributed by atoms with Gasteiger partial charge in [0.15, 0.2) is 0 Å². The van der Waals surface area contributed by atoms with Crippen molar-refractivity contribution in [2.45, 2.75) is 31.9 Å². The molecule has 122 valence electrons. The highest BCUT2D eigenvalue weighted by Crippen LogP contribution is 2.17.